The van der Waals surface area contributed by atoms with Crippen LogP contribution in [0.5, 0.6) is 11.5 Å². The molecule has 0 bridgehead atoms. The summed E-state index contributed by atoms with van der Waals surface area (Å²) in [4.78, 5) is 24.0. The van der Waals surface area contributed by atoms with Crippen molar-refractivity contribution in [3.05, 3.63) is 65.2 Å². The van der Waals surface area contributed by atoms with Crippen LogP contribution in [0.1, 0.15) is 35.6 Å². The molecule has 0 aromatic heterocycles. The van der Waals surface area contributed by atoms with Gasteiger partial charge in [0.25, 0.3) is 0 Å². The van der Waals surface area contributed by atoms with Crippen molar-refractivity contribution in [2.24, 2.45) is 5.10 Å². The van der Waals surface area contributed by atoms with E-state index in [0.29, 0.717) is 35.6 Å². The van der Waals surface area contributed by atoms with Crippen molar-refractivity contribution in [1.82, 2.24) is 5.43 Å². The van der Waals surface area contributed by atoms with Crippen molar-refractivity contribution >= 4 is 23.7 Å². The molecule has 0 fully saturated rings. The number of aryl methyl sites for hydroxylation is 2. The standard InChI is InChI=1S/C23H27N3O4/c1-5-7-18-11-17(12-20(23(18)29)30-6-2)14-24-26-22(28)13-21(27)25-19-9-8-15(3)16(4)10-19/h5,8-12,14,29H,1,6-7,13H2,2-4H3,(H,25,27)(H,26,28). The quantitative estimate of drug-likeness (QED) is 0.255. The van der Waals surface area contributed by atoms with E-state index >= 15 is 0 Å². The van der Waals surface area contributed by atoms with Crippen LogP contribution in [-0.4, -0.2) is 29.7 Å². The SMILES string of the molecule is C=CCc1cc(C=NNC(=O)CC(=O)Nc2ccc(C)c(C)c2)cc(OCC)c1O. The highest BCUT2D eigenvalue weighted by molar-refractivity contribution is 6.03. The largest absolute Gasteiger partial charge is 0.504 e. The number of benzene rings is 2. The number of anilines is 1. The van der Waals surface area contributed by atoms with Crippen molar-refractivity contribution < 1.29 is 19.4 Å². The van der Waals surface area contributed by atoms with Gasteiger partial charge in [0.05, 0.1) is 12.8 Å². The molecule has 7 heteroatoms. The molecule has 0 atom stereocenters. The van der Waals surface area contributed by atoms with Crippen LogP contribution < -0.4 is 15.5 Å². The Morgan fingerprint density at radius 3 is 2.60 bits per heavy atom. The van der Waals surface area contributed by atoms with Crippen molar-refractivity contribution in [2.45, 2.75) is 33.6 Å². The van der Waals surface area contributed by atoms with E-state index in [9.17, 15) is 14.7 Å². The highest BCUT2D eigenvalue weighted by Crippen LogP contribution is 2.31. The normalized spacial score (nSPS) is 10.6. The summed E-state index contributed by atoms with van der Waals surface area (Å²) in [6.07, 6.45) is 3.19. The lowest BCUT2D eigenvalue weighted by Crippen LogP contribution is -2.24. The zero-order chi connectivity index (χ0) is 22.1. The van der Waals surface area contributed by atoms with Gasteiger partial charge in [0.1, 0.15) is 6.42 Å². The number of ether oxygens (including phenoxy) is 1. The average molecular weight is 409 g/mol. The number of phenolic OH excluding ortho intramolecular Hbond substituents is 1. The van der Waals surface area contributed by atoms with Gasteiger partial charge in [0, 0.05) is 11.3 Å². The molecule has 2 rings (SSSR count). The average Bonchev–Trinajstić information content (AvgIpc) is 2.68. The molecule has 0 saturated heterocycles. The first kappa shape index (κ1) is 22.7. The van der Waals surface area contributed by atoms with E-state index in [0.717, 1.165) is 11.1 Å². The molecule has 0 aliphatic heterocycles. The van der Waals surface area contributed by atoms with Crippen LogP contribution in [0.2, 0.25) is 0 Å². The Hall–Kier alpha value is -3.61. The maximum atomic E-state index is 12.0. The van der Waals surface area contributed by atoms with Crippen LogP contribution in [0.4, 0.5) is 5.69 Å². The maximum Gasteiger partial charge on any atom is 0.249 e. The number of rotatable bonds is 9. The fraction of sp³-hybridized carbons (Fsp3) is 0.261. The molecule has 0 radical (unpaired) electrons. The van der Waals surface area contributed by atoms with Crippen molar-refractivity contribution in [3.63, 3.8) is 0 Å². The van der Waals surface area contributed by atoms with Gasteiger partial charge in [-0.25, -0.2) is 5.43 Å². The summed E-state index contributed by atoms with van der Waals surface area (Å²) in [6.45, 7) is 9.82. The minimum atomic E-state index is -0.539. The Morgan fingerprint density at radius 2 is 1.93 bits per heavy atom. The lowest BCUT2D eigenvalue weighted by Gasteiger charge is -2.10. The monoisotopic (exact) mass is 409 g/mol. The number of nitrogens with one attached hydrogen (secondary N) is 2. The van der Waals surface area contributed by atoms with Crippen LogP contribution in [0.25, 0.3) is 0 Å². The van der Waals surface area contributed by atoms with Gasteiger partial charge in [0.15, 0.2) is 11.5 Å². The Kier molecular flexibility index (Phi) is 8.17. The predicted octanol–water partition coefficient (Wildman–Crippen LogP) is 3.62. The van der Waals surface area contributed by atoms with Gasteiger partial charge < -0.3 is 15.2 Å². The molecule has 0 aliphatic carbocycles. The number of carbonyl (C=O) groups excluding carboxylic acids is 2. The van der Waals surface area contributed by atoms with Crippen molar-refractivity contribution in [1.29, 1.82) is 0 Å². The number of hydrogen-bond donors (Lipinski definition) is 3. The van der Waals surface area contributed by atoms with Crippen LogP contribution in [0.3, 0.4) is 0 Å². The number of hydrogen-bond acceptors (Lipinski definition) is 5. The molecule has 2 amide bonds. The molecular weight excluding hydrogens is 382 g/mol. The van der Waals surface area contributed by atoms with E-state index in [1.165, 1.54) is 6.21 Å². The summed E-state index contributed by atoms with van der Waals surface area (Å²) >= 11 is 0. The Morgan fingerprint density at radius 1 is 1.17 bits per heavy atom. The highest BCUT2D eigenvalue weighted by Gasteiger charge is 2.11. The fourth-order valence-electron chi connectivity index (χ4n) is 2.73. The van der Waals surface area contributed by atoms with Crippen molar-refractivity contribution in [2.75, 3.05) is 11.9 Å². The molecule has 158 valence electrons. The van der Waals surface area contributed by atoms with E-state index in [1.54, 1.807) is 24.3 Å². The minimum absolute atomic E-state index is 0.0564. The Balaban J connectivity index is 1.97. The van der Waals surface area contributed by atoms with Gasteiger partial charge in [-0.05, 0) is 68.1 Å². The number of carbonyl (C=O) groups is 2. The van der Waals surface area contributed by atoms with Crippen LogP contribution >= 0.6 is 0 Å². The summed E-state index contributed by atoms with van der Waals surface area (Å²) in [5.41, 5.74) is 6.42. The molecule has 0 spiro atoms. The molecule has 2 aromatic carbocycles. The minimum Gasteiger partial charge on any atom is -0.504 e. The van der Waals surface area contributed by atoms with E-state index < -0.39 is 11.8 Å². The molecule has 0 aliphatic rings. The van der Waals surface area contributed by atoms with Gasteiger partial charge in [-0.3, -0.25) is 9.59 Å². The zero-order valence-electron chi connectivity index (χ0n) is 17.5. The molecule has 30 heavy (non-hydrogen) atoms. The van der Waals surface area contributed by atoms with Crippen LogP contribution in [0, 0.1) is 13.8 Å². The smallest absolute Gasteiger partial charge is 0.249 e. The van der Waals surface area contributed by atoms with E-state index in [1.807, 2.05) is 32.9 Å². The number of nitrogens with zero attached hydrogens (tertiary/aromatic N) is 1. The summed E-state index contributed by atoms with van der Waals surface area (Å²) in [5.74, 6) is -0.580. The van der Waals surface area contributed by atoms with E-state index in [-0.39, 0.29) is 12.2 Å². The second-order valence-corrected chi connectivity index (χ2v) is 6.77. The van der Waals surface area contributed by atoms with E-state index in [2.05, 4.69) is 22.4 Å². The molecular formula is C23H27N3O4. The number of aromatic hydroxyl groups is 1. The lowest BCUT2D eigenvalue weighted by molar-refractivity contribution is -0.126. The first-order valence-corrected chi connectivity index (χ1v) is 9.62. The van der Waals surface area contributed by atoms with Gasteiger partial charge in [-0.2, -0.15) is 5.10 Å². The molecule has 0 saturated carbocycles. The molecule has 0 unspecified atom stereocenters. The summed E-state index contributed by atoms with van der Waals surface area (Å²) in [6, 6.07) is 8.89. The fourth-order valence-corrected chi connectivity index (χ4v) is 2.73. The molecule has 0 heterocycles. The number of phenols is 1. The van der Waals surface area contributed by atoms with Crippen molar-refractivity contribution in [3.8, 4) is 11.5 Å². The third-order valence-corrected chi connectivity index (χ3v) is 4.35. The van der Waals surface area contributed by atoms with Crippen LogP contribution in [-0.2, 0) is 16.0 Å². The first-order chi connectivity index (χ1) is 14.3. The number of hydrazone groups is 1. The maximum absolute atomic E-state index is 12.0. The Labute approximate surface area is 176 Å². The number of allylic oxidation sites excluding steroid dienone is 1. The topological polar surface area (TPSA) is 100 Å². The first-order valence-electron chi connectivity index (χ1n) is 9.62. The van der Waals surface area contributed by atoms with Gasteiger partial charge in [-0.15, -0.1) is 6.58 Å². The Bertz CT molecular complexity index is 967. The third-order valence-electron chi connectivity index (χ3n) is 4.35. The number of amides is 2. The van der Waals surface area contributed by atoms with E-state index in [4.69, 9.17) is 4.74 Å². The van der Waals surface area contributed by atoms with Gasteiger partial charge in [-0.1, -0.05) is 12.1 Å². The highest BCUT2D eigenvalue weighted by atomic mass is 16.5. The molecule has 7 nitrogen and oxygen atoms in total. The molecule has 3 N–H and O–H groups in total. The third kappa shape index (κ3) is 6.48. The molecule has 2 aromatic rings. The van der Waals surface area contributed by atoms with Gasteiger partial charge in [0.2, 0.25) is 11.8 Å². The second kappa shape index (κ2) is 10.8. The lowest BCUT2D eigenvalue weighted by atomic mass is 10.1. The summed E-state index contributed by atoms with van der Waals surface area (Å²) < 4.78 is 5.43. The predicted molar refractivity (Wildman–Crippen MR) is 118 cm³/mol. The summed E-state index contributed by atoms with van der Waals surface area (Å²) in [7, 11) is 0. The van der Waals surface area contributed by atoms with Crippen LogP contribution in [0.15, 0.2) is 48.1 Å². The zero-order valence-corrected chi connectivity index (χ0v) is 17.5. The second-order valence-electron chi connectivity index (χ2n) is 6.77. The summed E-state index contributed by atoms with van der Waals surface area (Å²) in [5, 5.41) is 16.8. The van der Waals surface area contributed by atoms with Gasteiger partial charge >= 0.3 is 0 Å².